The Morgan fingerprint density at radius 1 is 1.45 bits per heavy atom. The number of benzene rings is 1. The topological polar surface area (TPSA) is 96.8 Å². The molecule has 0 atom stereocenters. The third kappa shape index (κ3) is 3.00. The number of aromatic nitrogens is 1. The van der Waals surface area contributed by atoms with Gasteiger partial charge in [-0.15, -0.1) is 0 Å². The molecule has 7 heteroatoms. The minimum atomic E-state index is -0.569. The van der Waals surface area contributed by atoms with Gasteiger partial charge >= 0.3 is 12.0 Å². The van der Waals surface area contributed by atoms with Crippen molar-refractivity contribution >= 4 is 11.7 Å². The lowest BCUT2D eigenvalue weighted by Crippen LogP contribution is -2.04. The molecule has 0 radical (unpaired) electrons. The van der Waals surface area contributed by atoms with Crippen molar-refractivity contribution in [2.75, 3.05) is 19.5 Å². The van der Waals surface area contributed by atoms with Crippen LogP contribution in [0.15, 0.2) is 28.9 Å². The SMILES string of the molecule is CCOC(=O)c1coc(Oc2ccc(OC)c(N)c2)n1. The van der Waals surface area contributed by atoms with Gasteiger partial charge in [0.2, 0.25) is 0 Å². The lowest BCUT2D eigenvalue weighted by atomic mass is 10.3. The number of anilines is 1. The van der Waals surface area contributed by atoms with Gasteiger partial charge in [0.05, 0.1) is 19.4 Å². The van der Waals surface area contributed by atoms with Gasteiger partial charge in [-0.3, -0.25) is 0 Å². The van der Waals surface area contributed by atoms with Crippen LogP contribution in [-0.4, -0.2) is 24.7 Å². The highest BCUT2D eigenvalue weighted by Gasteiger charge is 2.14. The van der Waals surface area contributed by atoms with Gasteiger partial charge < -0.3 is 24.4 Å². The third-order valence-corrected chi connectivity index (χ3v) is 2.37. The first kappa shape index (κ1) is 13.7. The lowest BCUT2D eigenvalue weighted by molar-refractivity contribution is 0.0519. The van der Waals surface area contributed by atoms with Crippen molar-refractivity contribution < 1.29 is 23.4 Å². The molecular weight excluding hydrogens is 264 g/mol. The highest BCUT2D eigenvalue weighted by Crippen LogP contribution is 2.28. The number of nitrogen functional groups attached to an aromatic ring is 1. The fourth-order valence-corrected chi connectivity index (χ4v) is 1.48. The molecule has 0 aliphatic carbocycles. The van der Waals surface area contributed by atoms with Gasteiger partial charge in [-0.1, -0.05) is 0 Å². The summed E-state index contributed by atoms with van der Waals surface area (Å²) in [5.41, 5.74) is 6.21. The Hall–Kier alpha value is -2.70. The summed E-state index contributed by atoms with van der Waals surface area (Å²) in [5, 5.41) is 0. The van der Waals surface area contributed by atoms with Gasteiger partial charge in [0, 0.05) is 6.07 Å². The molecule has 0 bridgehead atoms. The second kappa shape index (κ2) is 5.96. The van der Waals surface area contributed by atoms with E-state index in [9.17, 15) is 4.79 Å². The number of nitrogens with zero attached hydrogens (tertiary/aromatic N) is 1. The first-order chi connectivity index (χ1) is 9.63. The first-order valence-corrected chi connectivity index (χ1v) is 5.88. The quantitative estimate of drug-likeness (QED) is 0.661. The van der Waals surface area contributed by atoms with Crippen LogP contribution >= 0.6 is 0 Å². The van der Waals surface area contributed by atoms with Gasteiger partial charge in [-0.2, -0.15) is 4.98 Å². The first-order valence-electron chi connectivity index (χ1n) is 5.88. The summed E-state index contributed by atoms with van der Waals surface area (Å²) in [6.45, 7) is 1.96. The Balaban J connectivity index is 2.10. The normalized spacial score (nSPS) is 10.1. The fourth-order valence-electron chi connectivity index (χ4n) is 1.48. The minimum absolute atomic E-state index is 0.0448. The highest BCUT2D eigenvalue weighted by molar-refractivity contribution is 5.86. The maximum atomic E-state index is 11.4. The zero-order chi connectivity index (χ0) is 14.5. The zero-order valence-corrected chi connectivity index (χ0v) is 11.1. The Bertz CT molecular complexity index is 609. The molecule has 2 rings (SSSR count). The number of rotatable bonds is 5. The standard InChI is InChI=1S/C13H14N2O5/c1-3-18-12(16)10-7-19-13(15-10)20-8-4-5-11(17-2)9(14)6-8/h4-7H,3,14H2,1-2H3. The van der Waals surface area contributed by atoms with Crippen molar-refractivity contribution in [3.8, 4) is 17.6 Å². The van der Waals surface area contributed by atoms with E-state index >= 15 is 0 Å². The molecule has 1 aromatic heterocycles. The van der Waals surface area contributed by atoms with E-state index in [4.69, 9.17) is 24.4 Å². The summed E-state index contributed by atoms with van der Waals surface area (Å²) in [6.07, 6.45) is 1.10. The predicted octanol–water partition coefficient (Wildman–Crippen LogP) is 2.23. The molecule has 0 amide bonds. The van der Waals surface area contributed by atoms with Gasteiger partial charge in [0.15, 0.2) is 5.69 Å². The molecule has 0 fully saturated rings. The summed E-state index contributed by atoms with van der Waals surface area (Å²) in [6, 6.07) is 4.86. The minimum Gasteiger partial charge on any atom is -0.495 e. The number of hydrogen-bond donors (Lipinski definition) is 1. The zero-order valence-electron chi connectivity index (χ0n) is 11.1. The highest BCUT2D eigenvalue weighted by atomic mass is 16.6. The van der Waals surface area contributed by atoms with Crippen LogP contribution in [0.1, 0.15) is 17.4 Å². The Morgan fingerprint density at radius 3 is 2.90 bits per heavy atom. The number of ether oxygens (including phenoxy) is 3. The van der Waals surface area contributed by atoms with E-state index in [1.807, 2.05) is 0 Å². The molecule has 1 aromatic carbocycles. The Morgan fingerprint density at radius 2 is 2.25 bits per heavy atom. The average molecular weight is 278 g/mol. The third-order valence-electron chi connectivity index (χ3n) is 2.37. The Kier molecular flexibility index (Phi) is 4.09. The lowest BCUT2D eigenvalue weighted by Gasteiger charge is -2.06. The number of esters is 1. The number of carbonyl (C=O) groups excluding carboxylic acids is 1. The van der Waals surface area contributed by atoms with Crippen molar-refractivity contribution in [3.63, 3.8) is 0 Å². The van der Waals surface area contributed by atoms with Crippen molar-refractivity contribution in [3.05, 3.63) is 30.2 Å². The molecule has 20 heavy (non-hydrogen) atoms. The number of carbonyl (C=O) groups is 1. The molecule has 0 aliphatic heterocycles. The van der Waals surface area contributed by atoms with Crippen molar-refractivity contribution in [2.45, 2.75) is 6.92 Å². The van der Waals surface area contributed by atoms with Crippen LogP contribution in [0, 0.1) is 0 Å². The molecule has 106 valence electrons. The fraction of sp³-hybridized carbons (Fsp3) is 0.231. The average Bonchev–Trinajstić information content (AvgIpc) is 2.88. The smallest absolute Gasteiger partial charge is 0.399 e. The van der Waals surface area contributed by atoms with Crippen molar-refractivity contribution in [2.24, 2.45) is 0 Å². The monoisotopic (exact) mass is 278 g/mol. The van der Waals surface area contributed by atoms with Crippen LogP contribution in [0.4, 0.5) is 5.69 Å². The largest absolute Gasteiger partial charge is 0.495 e. The predicted molar refractivity (Wildman–Crippen MR) is 69.9 cm³/mol. The summed E-state index contributed by atoms with van der Waals surface area (Å²) >= 11 is 0. The van der Waals surface area contributed by atoms with E-state index < -0.39 is 5.97 Å². The number of hydrogen-bond acceptors (Lipinski definition) is 7. The van der Waals surface area contributed by atoms with E-state index in [2.05, 4.69) is 4.98 Å². The van der Waals surface area contributed by atoms with E-state index in [0.29, 0.717) is 17.2 Å². The molecule has 0 unspecified atom stereocenters. The van der Waals surface area contributed by atoms with E-state index in [1.54, 1.807) is 25.1 Å². The van der Waals surface area contributed by atoms with Crippen LogP contribution in [0.3, 0.4) is 0 Å². The van der Waals surface area contributed by atoms with Crippen molar-refractivity contribution in [1.82, 2.24) is 4.98 Å². The van der Waals surface area contributed by atoms with Gasteiger partial charge in [-0.25, -0.2) is 4.79 Å². The Labute approximate surface area is 115 Å². The molecule has 1 heterocycles. The number of oxazole rings is 1. The molecular formula is C13H14N2O5. The molecule has 0 saturated heterocycles. The van der Waals surface area contributed by atoms with Crippen molar-refractivity contribution in [1.29, 1.82) is 0 Å². The molecule has 7 nitrogen and oxygen atoms in total. The van der Waals surface area contributed by atoms with Crippen LogP contribution in [0.25, 0.3) is 0 Å². The van der Waals surface area contributed by atoms with E-state index in [0.717, 1.165) is 0 Å². The van der Waals surface area contributed by atoms with Crippen LogP contribution in [-0.2, 0) is 4.74 Å². The molecule has 2 aromatic rings. The van der Waals surface area contributed by atoms with Gasteiger partial charge in [-0.05, 0) is 19.1 Å². The molecule has 0 spiro atoms. The second-order valence-corrected chi connectivity index (χ2v) is 3.72. The summed E-state index contributed by atoms with van der Waals surface area (Å²) < 4.78 is 20.2. The number of methoxy groups -OCH3 is 1. The van der Waals surface area contributed by atoms with Crippen LogP contribution < -0.4 is 15.2 Å². The molecule has 0 saturated carbocycles. The maximum Gasteiger partial charge on any atom is 0.399 e. The van der Waals surface area contributed by atoms with E-state index in [1.165, 1.54) is 13.4 Å². The molecule has 2 N–H and O–H groups in total. The van der Waals surface area contributed by atoms with Crippen LogP contribution in [0.2, 0.25) is 0 Å². The van der Waals surface area contributed by atoms with Gasteiger partial charge in [0.1, 0.15) is 17.8 Å². The van der Waals surface area contributed by atoms with E-state index in [-0.39, 0.29) is 18.4 Å². The maximum absolute atomic E-state index is 11.4. The summed E-state index contributed by atoms with van der Waals surface area (Å²) in [5.74, 6) is 0.387. The summed E-state index contributed by atoms with van der Waals surface area (Å²) in [4.78, 5) is 15.3. The number of nitrogens with two attached hydrogens (primary N) is 1. The summed E-state index contributed by atoms with van der Waals surface area (Å²) in [7, 11) is 1.52. The van der Waals surface area contributed by atoms with Gasteiger partial charge in [0.25, 0.3) is 0 Å². The van der Waals surface area contributed by atoms with Crippen LogP contribution in [0.5, 0.6) is 17.6 Å². The molecule has 0 aliphatic rings. The second-order valence-electron chi connectivity index (χ2n) is 3.72.